The van der Waals surface area contributed by atoms with E-state index in [9.17, 15) is 13.2 Å². The number of benzene rings is 1. The van der Waals surface area contributed by atoms with Gasteiger partial charge in [0.05, 0.1) is 18.7 Å². The minimum Gasteiger partial charge on any atom is -0.403 e. The molecular formula is C14H14ClF3N2O2. The Labute approximate surface area is 129 Å². The number of rotatable bonds is 3. The van der Waals surface area contributed by atoms with Crippen molar-refractivity contribution < 1.29 is 22.6 Å². The van der Waals surface area contributed by atoms with Gasteiger partial charge in [0.1, 0.15) is 0 Å². The first-order valence-electron chi connectivity index (χ1n) is 6.79. The average Bonchev–Trinajstić information content (AvgIpc) is 2.81. The standard InChI is InChI=1S/C14H14ClF3N2O2/c15-9-4-11-8(3-10-7-21-2-1-19-10)6-20-13(11)12(5-9)22-14(16,17)18/h4-6,10,19-20H,1-3,7H2/t10-/m0/s1. The van der Waals surface area contributed by atoms with Crippen molar-refractivity contribution in [2.24, 2.45) is 0 Å². The topological polar surface area (TPSA) is 46.3 Å². The van der Waals surface area contributed by atoms with Crippen LogP contribution in [0.5, 0.6) is 5.75 Å². The minimum absolute atomic E-state index is 0.124. The number of nitrogens with one attached hydrogen (secondary N) is 2. The Morgan fingerprint density at radius 3 is 2.86 bits per heavy atom. The third-order valence-electron chi connectivity index (χ3n) is 3.49. The Bertz CT molecular complexity index is 666. The number of halogens is 4. The SMILES string of the molecule is FC(F)(F)Oc1cc(Cl)cc2c(C[C@H]3COCCN3)c[nH]c12. The summed E-state index contributed by atoms with van der Waals surface area (Å²) >= 11 is 5.92. The van der Waals surface area contributed by atoms with Gasteiger partial charge >= 0.3 is 6.36 Å². The molecule has 0 bridgehead atoms. The number of morpholine rings is 1. The van der Waals surface area contributed by atoms with Gasteiger partial charge in [0.15, 0.2) is 5.75 Å². The summed E-state index contributed by atoms with van der Waals surface area (Å²) in [7, 11) is 0. The lowest BCUT2D eigenvalue weighted by Crippen LogP contribution is -2.42. The first kappa shape index (κ1) is 15.5. The van der Waals surface area contributed by atoms with E-state index in [-0.39, 0.29) is 22.3 Å². The molecule has 0 unspecified atom stereocenters. The van der Waals surface area contributed by atoms with Crippen molar-refractivity contribution in [3.63, 3.8) is 0 Å². The number of hydrogen-bond donors (Lipinski definition) is 2. The van der Waals surface area contributed by atoms with Crippen LogP contribution in [-0.4, -0.2) is 37.1 Å². The molecule has 120 valence electrons. The van der Waals surface area contributed by atoms with Gasteiger partial charge in [-0.05, 0) is 18.1 Å². The van der Waals surface area contributed by atoms with Gasteiger partial charge in [-0.25, -0.2) is 0 Å². The molecule has 8 heteroatoms. The molecule has 0 amide bonds. The van der Waals surface area contributed by atoms with E-state index in [1.165, 1.54) is 0 Å². The Morgan fingerprint density at radius 1 is 1.36 bits per heavy atom. The molecule has 0 saturated carbocycles. The smallest absolute Gasteiger partial charge is 0.403 e. The molecule has 1 saturated heterocycles. The summed E-state index contributed by atoms with van der Waals surface area (Å²) in [6.45, 7) is 2.00. The third kappa shape index (κ3) is 3.48. The highest BCUT2D eigenvalue weighted by Crippen LogP contribution is 2.35. The van der Waals surface area contributed by atoms with Crippen LogP contribution in [0.4, 0.5) is 13.2 Å². The molecule has 2 heterocycles. The molecule has 1 atom stereocenters. The largest absolute Gasteiger partial charge is 0.573 e. The first-order valence-corrected chi connectivity index (χ1v) is 7.16. The van der Waals surface area contributed by atoms with Crippen molar-refractivity contribution in [1.82, 2.24) is 10.3 Å². The summed E-state index contributed by atoms with van der Waals surface area (Å²) in [5.41, 5.74) is 1.15. The van der Waals surface area contributed by atoms with Gasteiger partial charge < -0.3 is 19.8 Å². The van der Waals surface area contributed by atoms with Crippen LogP contribution in [0.1, 0.15) is 5.56 Å². The average molecular weight is 335 g/mol. The second-order valence-electron chi connectivity index (χ2n) is 5.12. The Balaban J connectivity index is 1.92. The normalized spacial score (nSPS) is 19.5. The van der Waals surface area contributed by atoms with E-state index in [2.05, 4.69) is 15.0 Å². The third-order valence-corrected chi connectivity index (χ3v) is 3.71. The summed E-state index contributed by atoms with van der Waals surface area (Å²) in [6.07, 6.45) is -2.45. The molecule has 3 rings (SSSR count). The van der Waals surface area contributed by atoms with Crippen molar-refractivity contribution in [1.29, 1.82) is 0 Å². The highest BCUT2D eigenvalue weighted by Gasteiger charge is 2.32. The van der Waals surface area contributed by atoms with Crippen molar-refractivity contribution in [3.8, 4) is 5.75 Å². The van der Waals surface area contributed by atoms with E-state index in [0.717, 1.165) is 18.2 Å². The molecular weight excluding hydrogens is 321 g/mol. The second-order valence-corrected chi connectivity index (χ2v) is 5.55. The molecule has 4 nitrogen and oxygen atoms in total. The summed E-state index contributed by atoms with van der Waals surface area (Å²) in [5.74, 6) is -0.325. The van der Waals surface area contributed by atoms with Gasteiger partial charge in [0.2, 0.25) is 0 Å². The molecule has 22 heavy (non-hydrogen) atoms. The zero-order valence-corrected chi connectivity index (χ0v) is 12.2. The molecule has 0 aliphatic carbocycles. The Kier molecular flexibility index (Phi) is 4.20. The monoisotopic (exact) mass is 334 g/mol. The van der Waals surface area contributed by atoms with Gasteiger partial charge in [-0.1, -0.05) is 11.6 Å². The number of hydrogen-bond acceptors (Lipinski definition) is 3. The van der Waals surface area contributed by atoms with Crippen LogP contribution < -0.4 is 10.1 Å². The molecule has 1 aromatic carbocycles. The van der Waals surface area contributed by atoms with Gasteiger partial charge in [-0.3, -0.25) is 0 Å². The van der Waals surface area contributed by atoms with Gasteiger partial charge in [0.25, 0.3) is 0 Å². The summed E-state index contributed by atoms with van der Waals surface area (Å²) < 4.78 is 46.9. The molecule has 1 fully saturated rings. The Morgan fingerprint density at radius 2 is 2.18 bits per heavy atom. The van der Waals surface area contributed by atoms with Crippen molar-refractivity contribution in [2.75, 3.05) is 19.8 Å². The molecule has 1 aromatic heterocycles. The van der Waals surface area contributed by atoms with Crippen molar-refractivity contribution in [3.05, 3.63) is 28.9 Å². The van der Waals surface area contributed by atoms with Crippen LogP contribution >= 0.6 is 11.6 Å². The number of ether oxygens (including phenoxy) is 2. The quantitative estimate of drug-likeness (QED) is 0.905. The fourth-order valence-corrected chi connectivity index (χ4v) is 2.82. The van der Waals surface area contributed by atoms with Crippen LogP contribution in [0, 0.1) is 0 Å². The van der Waals surface area contributed by atoms with Gasteiger partial charge in [-0.15, -0.1) is 13.2 Å². The van der Waals surface area contributed by atoms with Crippen molar-refractivity contribution >= 4 is 22.5 Å². The number of H-pyrrole nitrogens is 1. The molecule has 0 radical (unpaired) electrons. The maximum Gasteiger partial charge on any atom is 0.573 e. The van der Waals surface area contributed by atoms with E-state index in [1.807, 2.05) is 0 Å². The number of alkyl halides is 3. The van der Waals surface area contributed by atoms with Gasteiger partial charge in [-0.2, -0.15) is 0 Å². The highest BCUT2D eigenvalue weighted by molar-refractivity contribution is 6.31. The van der Waals surface area contributed by atoms with Crippen LogP contribution in [0.15, 0.2) is 18.3 Å². The zero-order valence-electron chi connectivity index (χ0n) is 11.5. The van der Waals surface area contributed by atoms with Gasteiger partial charge in [0, 0.05) is 35.3 Å². The van der Waals surface area contributed by atoms with E-state index in [4.69, 9.17) is 16.3 Å². The summed E-state index contributed by atoms with van der Waals surface area (Å²) in [4.78, 5) is 2.84. The number of aromatic nitrogens is 1. The van der Waals surface area contributed by atoms with Crippen molar-refractivity contribution in [2.45, 2.75) is 18.8 Å². The number of fused-ring (bicyclic) bond motifs is 1. The molecule has 1 aliphatic rings. The Hall–Kier alpha value is -1.44. The fraction of sp³-hybridized carbons (Fsp3) is 0.429. The van der Waals surface area contributed by atoms with E-state index in [1.54, 1.807) is 12.3 Å². The lowest BCUT2D eigenvalue weighted by atomic mass is 10.0. The van der Waals surface area contributed by atoms with Crippen LogP contribution in [0.3, 0.4) is 0 Å². The molecule has 0 spiro atoms. The predicted octanol–water partition coefficient (Wildman–Crippen LogP) is 3.25. The maximum absolute atomic E-state index is 12.5. The lowest BCUT2D eigenvalue weighted by molar-refractivity contribution is -0.274. The first-order chi connectivity index (χ1) is 10.4. The molecule has 2 aromatic rings. The molecule has 2 N–H and O–H groups in total. The summed E-state index contributed by atoms with van der Waals surface area (Å²) in [5, 5.41) is 4.13. The number of aromatic amines is 1. The van der Waals surface area contributed by atoms with Crippen LogP contribution in [0.25, 0.3) is 10.9 Å². The zero-order chi connectivity index (χ0) is 15.7. The lowest BCUT2D eigenvalue weighted by Gasteiger charge is -2.23. The van der Waals surface area contributed by atoms with Crippen LogP contribution in [-0.2, 0) is 11.2 Å². The molecule has 1 aliphatic heterocycles. The van der Waals surface area contributed by atoms with E-state index in [0.29, 0.717) is 25.0 Å². The fourth-order valence-electron chi connectivity index (χ4n) is 2.61. The second kappa shape index (κ2) is 5.98. The minimum atomic E-state index is -4.76. The maximum atomic E-state index is 12.5. The van der Waals surface area contributed by atoms with Crippen LogP contribution in [0.2, 0.25) is 5.02 Å². The highest BCUT2D eigenvalue weighted by atomic mass is 35.5. The van der Waals surface area contributed by atoms with E-state index < -0.39 is 6.36 Å². The predicted molar refractivity (Wildman–Crippen MR) is 76.3 cm³/mol. The summed E-state index contributed by atoms with van der Waals surface area (Å²) in [6, 6.07) is 2.91. The van der Waals surface area contributed by atoms with E-state index >= 15 is 0 Å².